The van der Waals surface area contributed by atoms with Crippen molar-refractivity contribution >= 4 is 23.1 Å². The van der Waals surface area contributed by atoms with Gasteiger partial charge in [0.2, 0.25) is 11.8 Å². The van der Waals surface area contributed by atoms with Crippen LogP contribution >= 0.6 is 0 Å². The Bertz CT molecular complexity index is 620. The lowest BCUT2D eigenvalue weighted by Gasteiger charge is -2.08. The molecule has 2 N–H and O–H groups in total. The number of nitrogens with zero attached hydrogens (tertiary/aromatic N) is 3. The van der Waals surface area contributed by atoms with Crippen LogP contribution in [0, 0.1) is 15.9 Å². The van der Waals surface area contributed by atoms with Crippen molar-refractivity contribution < 1.29 is 9.31 Å². The Hall–Kier alpha value is -2.77. The van der Waals surface area contributed by atoms with Gasteiger partial charge in [0.25, 0.3) is 0 Å². The summed E-state index contributed by atoms with van der Waals surface area (Å²) >= 11 is 0. The molecule has 0 saturated heterocycles. The van der Waals surface area contributed by atoms with Crippen LogP contribution in [-0.2, 0) is 0 Å². The van der Waals surface area contributed by atoms with Gasteiger partial charge in [-0.15, -0.1) is 0 Å². The maximum atomic E-state index is 13.5. The molecular formula is C11H10FN5O2. The standard InChI is InChI=1S/C11H10FN5O2/c1-13-11-14-6-9(17(18)19)10(16-11)15-8-5-3-2-4-7(8)12/h2-6H,1H3,(H2,13,14,15,16). The molecule has 0 aliphatic rings. The van der Waals surface area contributed by atoms with E-state index in [9.17, 15) is 14.5 Å². The zero-order valence-corrected chi connectivity index (χ0v) is 9.92. The molecule has 0 unspecified atom stereocenters. The highest BCUT2D eigenvalue weighted by Crippen LogP contribution is 2.26. The van der Waals surface area contributed by atoms with Crippen LogP contribution in [0.15, 0.2) is 30.5 Å². The lowest BCUT2D eigenvalue weighted by molar-refractivity contribution is -0.384. The van der Waals surface area contributed by atoms with Crippen molar-refractivity contribution in [2.24, 2.45) is 0 Å². The molecule has 1 aromatic heterocycles. The SMILES string of the molecule is CNc1ncc([N+](=O)[O-])c(Nc2ccccc2F)n1. The van der Waals surface area contributed by atoms with Gasteiger partial charge in [-0.05, 0) is 12.1 Å². The number of nitrogens with one attached hydrogen (secondary N) is 2. The third kappa shape index (κ3) is 2.73. The largest absolute Gasteiger partial charge is 0.357 e. The fraction of sp³-hybridized carbons (Fsp3) is 0.0909. The van der Waals surface area contributed by atoms with Crippen molar-refractivity contribution in [2.75, 3.05) is 17.7 Å². The highest BCUT2D eigenvalue weighted by molar-refractivity contribution is 5.66. The Morgan fingerprint density at radius 1 is 1.37 bits per heavy atom. The summed E-state index contributed by atoms with van der Waals surface area (Å²) in [5, 5.41) is 16.1. The summed E-state index contributed by atoms with van der Waals surface area (Å²) in [6, 6.07) is 5.83. The average molecular weight is 263 g/mol. The van der Waals surface area contributed by atoms with E-state index >= 15 is 0 Å². The van der Waals surface area contributed by atoms with Crippen molar-refractivity contribution in [3.63, 3.8) is 0 Å². The third-order valence-electron chi connectivity index (χ3n) is 2.32. The van der Waals surface area contributed by atoms with Crippen molar-refractivity contribution in [1.82, 2.24) is 9.97 Å². The second-order valence-electron chi connectivity index (χ2n) is 3.54. The molecule has 0 radical (unpaired) electrons. The molecule has 0 aliphatic carbocycles. The number of para-hydroxylation sites is 1. The average Bonchev–Trinajstić information content (AvgIpc) is 2.41. The summed E-state index contributed by atoms with van der Waals surface area (Å²) in [7, 11) is 1.58. The van der Waals surface area contributed by atoms with E-state index < -0.39 is 10.7 Å². The van der Waals surface area contributed by atoms with E-state index in [0.29, 0.717) is 0 Å². The quantitative estimate of drug-likeness (QED) is 0.649. The van der Waals surface area contributed by atoms with Crippen molar-refractivity contribution in [3.8, 4) is 0 Å². The molecular weight excluding hydrogens is 253 g/mol. The second-order valence-corrected chi connectivity index (χ2v) is 3.54. The van der Waals surface area contributed by atoms with E-state index in [-0.39, 0.29) is 23.1 Å². The molecule has 8 heteroatoms. The van der Waals surface area contributed by atoms with Gasteiger partial charge in [-0.1, -0.05) is 12.1 Å². The molecule has 0 atom stereocenters. The lowest BCUT2D eigenvalue weighted by Crippen LogP contribution is -2.05. The first-order valence-electron chi connectivity index (χ1n) is 5.32. The second kappa shape index (κ2) is 5.25. The van der Waals surface area contributed by atoms with Gasteiger partial charge in [-0.2, -0.15) is 4.98 Å². The van der Waals surface area contributed by atoms with Gasteiger partial charge in [-0.3, -0.25) is 10.1 Å². The summed E-state index contributed by atoms with van der Waals surface area (Å²) in [6.45, 7) is 0. The summed E-state index contributed by atoms with van der Waals surface area (Å²) in [5.41, 5.74) is -0.228. The van der Waals surface area contributed by atoms with Gasteiger partial charge in [0.05, 0.1) is 10.6 Å². The zero-order chi connectivity index (χ0) is 13.8. The highest BCUT2D eigenvalue weighted by atomic mass is 19.1. The molecule has 2 aromatic rings. The van der Waals surface area contributed by atoms with Crippen LogP contribution < -0.4 is 10.6 Å². The van der Waals surface area contributed by atoms with Crippen LogP contribution in [0.2, 0.25) is 0 Å². The van der Waals surface area contributed by atoms with E-state index in [0.717, 1.165) is 6.20 Å². The molecule has 2 rings (SSSR count). The first kappa shape index (κ1) is 12.7. The Labute approximate surface area is 107 Å². The van der Waals surface area contributed by atoms with Crippen LogP contribution in [0.5, 0.6) is 0 Å². The van der Waals surface area contributed by atoms with Crippen molar-refractivity contribution in [1.29, 1.82) is 0 Å². The Kier molecular flexibility index (Phi) is 3.51. The molecule has 19 heavy (non-hydrogen) atoms. The van der Waals surface area contributed by atoms with E-state index in [2.05, 4.69) is 20.6 Å². The van der Waals surface area contributed by atoms with Gasteiger partial charge >= 0.3 is 5.69 Å². The number of nitro groups is 1. The van der Waals surface area contributed by atoms with Crippen molar-refractivity contribution in [2.45, 2.75) is 0 Å². The summed E-state index contributed by atoms with van der Waals surface area (Å²) in [4.78, 5) is 17.9. The van der Waals surface area contributed by atoms with Gasteiger partial charge in [0.1, 0.15) is 12.0 Å². The van der Waals surface area contributed by atoms with Crippen LogP contribution in [0.3, 0.4) is 0 Å². The first-order valence-corrected chi connectivity index (χ1v) is 5.32. The van der Waals surface area contributed by atoms with Gasteiger partial charge in [0.15, 0.2) is 0 Å². The molecule has 0 fully saturated rings. The number of benzene rings is 1. The van der Waals surface area contributed by atoms with Crippen LogP contribution in [-0.4, -0.2) is 21.9 Å². The van der Waals surface area contributed by atoms with E-state index in [1.807, 2.05) is 0 Å². The molecule has 0 amide bonds. The van der Waals surface area contributed by atoms with E-state index in [1.54, 1.807) is 13.1 Å². The normalized spacial score (nSPS) is 10.0. The van der Waals surface area contributed by atoms with Crippen molar-refractivity contribution in [3.05, 3.63) is 46.4 Å². The van der Waals surface area contributed by atoms with Gasteiger partial charge in [0, 0.05) is 7.05 Å². The van der Waals surface area contributed by atoms with Gasteiger partial charge in [-0.25, -0.2) is 9.37 Å². The van der Waals surface area contributed by atoms with E-state index in [1.165, 1.54) is 18.2 Å². The zero-order valence-electron chi connectivity index (χ0n) is 9.92. The molecule has 0 aliphatic heterocycles. The minimum Gasteiger partial charge on any atom is -0.357 e. The molecule has 1 aromatic carbocycles. The number of anilines is 3. The number of halogens is 1. The molecule has 0 bridgehead atoms. The Balaban J connectivity index is 2.43. The fourth-order valence-corrected chi connectivity index (χ4v) is 1.41. The minimum absolute atomic E-state index is 0.0746. The highest BCUT2D eigenvalue weighted by Gasteiger charge is 2.18. The predicted octanol–water partition coefficient (Wildman–Crippen LogP) is 2.31. The van der Waals surface area contributed by atoms with Crippen LogP contribution in [0.25, 0.3) is 0 Å². The number of hydrogen-bond acceptors (Lipinski definition) is 6. The summed E-state index contributed by atoms with van der Waals surface area (Å²) < 4.78 is 13.5. The van der Waals surface area contributed by atoms with Crippen LogP contribution in [0.4, 0.5) is 27.5 Å². The Morgan fingerprint density at radius 2 is 2.11 bits per heavy atom. The first-order chi connectivity index (χ1) is 9.11. The molecule has 98 valence electrons. The number of hydrogen-bond donors (Lipinski definition) is 2. The number of aromatic nitrogens is 2. The monoisotopic (exact) mass is 263 g/mol. The predicted molar refractivity (Wildman–Crippen MR) is 67.9 cm³/mol. The topological polar surface area (TPSA) is 93.0 Å². The van der Waals surface area contributed by atoms with Gasteiger partial charge < -0.3 is 10.6 Å². The number of rotatable bonds is 4. The minimum atomic E-state index is -0.636. The summed E-state index contributed by atoms with van der Waals surface area (Å²) in [6.07, 6.45) is 1.06. The molecule has 7 nitrogen and oxygen atoms in total. The van der Waals surface area contributed by atoms with Crippen LogP contribution in [0.1, 0.15) is 0 Å². The lowest BCUT2D eigenvalue weighted by atomic mass is 10.3. The maximum absolute atomic E-state index is 13.5. The third-order valence-corrected chi connectivity index (χ3v) is 2.32. The van der Waals surface area contributed by atoms with E-state index in [4.69, 9.17) is 0 Å². The molecule has 1 heterocycles. The molecule has 0 saturated carbocycles. The Morgan fingerprint density at radius 3 is 2.74 bits per heavy atom. The summed E-state index contributed by atoms with van der Waals surface area (Å²) in [5.74, 6) is -0.402. The molecule has 0 spiro atoms. The smallest absolute Gasteiger partial charge is 0.329 e. The maximum Gasteiger partial charge on any atom is 0.329 e. The fourth-order valence-electron chi connectivity index (χ4n) is 1.41.